The van der Waals surface area contributed by atoms with Gasteiger partial charge in [-0.15, -0.1) is 0 Å². The van der Waals surface area contributed by atoms with Crippen molar-refractivity contribution in [2.24, 2.45) is 5.73 Å². The fraction of sp³-hybridized carbons (Fsp3) is 0.364. The number of hydrogen-bond donors (Lipinski definition) is 3. The molecule has 0 aliphatic carbocycles. The van der Waals surface area contributed by atoms with Crippen LogP contribution in [-0.4, -0.2) is 27.2 Å². The van der Waals surface area contributed by atoms with E-state index in [4.69, 9.17) is 5.73 Å². The maximum atomic E-state index is 13.3. The third kappa shape index (κ3) is 2.65. The number of nitrogens with two attached hydrogens (primary N) is 1. The van der Waals surface area contributed by atoms with Crippen molar-refractivity contribution in [2.45, 2.75) is 18.9 Å². The minimum atomic E-state index is -1.01. The standard InChI is InChI=1S/C11H13BrFN3O/c1-11(17,5-14)4-10-15-8-2-6(12)7(13)3-9(8)16-10/h2-3,17H,4-5,14H2,1H3,(H,15,16). The van der Waals surface area contributed by atoms with Crippen molar-refractivity contribution in [1.29, 1.82) is 0 Å². The molecule has 4 nitrogen and oxygen atoms in total. The van der Waals surface area contributed by atoms with E-state index in [1.165, 1.54) is 6.07 Å². The summed E-state index contributed by atoms with van der Waals surface area (Å²) in [6.45, 7) is 1.78. The first kappa shape index (κ1) is 12.5. The van der Waals surface area contributed by atoms with Gasteiger partial charge in [-0.1, -0.05) is 0 Å². The second-order valence-electron chi connectivity index (χ2n) is 4.34. The van der Waals surface area contributed by atoms with Gasteiger partial charge in [-0.2, -0.15) is 0 Å². The van der Waals surface area contributed by atoms with E-state index in [1.54, 1.807) is 13.0 Å². The molecule has 1 heterocycles. The molecule has 17 heavy (non-hydrogen) atoms. The first-order chi connectivity index (χ1) is 7.91. The summed E-state index contributed by atoms with van der Waals surface area (Å²) < 4.78 is 13.7. The molecule has 0 radical (unpaired) electrons. The van der Waals surface area contributed by atoms with E-state index in [9.17, 15) is 9.50 Å². The van der Waals surface area contributed by atoms with Gasteiger partial charge in [-0.3, -0.25) is 0 Å². The Bertz CT molecular complexity index is 514. The molecular formula is C11H13BrFN3O. The summed E-state index contributed by atoms with van der Waals surface area (Å²) in [7, 11) is 0. The van der Waals surface area contributed by atoms with Crippen LogP contribution in [0.4, 0.5) is 4.39 Å². The molecule has 0 amide bonds. The van der Waals surface area contributed by atoms with Crippen LogP contribution in [0.3, 0.4) is 0 Å². The Hall–Kier alpha value is -0.980. The number of imidazole rings is 1. The van der Waals surface area contributed by atoms with Crippen LogP contribution in [0.25, 0.3) is 11.0 Å². The summed E-state index contributed by atoms with van der Waals surface area (Å²) in [5.74, 6) is 0.242. The fourth-order valence-corrected chi connectivity index (χ4v) is 1.91. The monoisotopic (exact) mass is 301 g/mol. The lowest BCUT2D eigenvalue weighted by atomic mass is 10.0. The van der Waals surface area contributed by atoms with E-state index in [-0.39, 0.29) is 12.4 Å². The van der Waals surface area contributed by atoms with Gasteiger partial charge in [0.1, 0.15) is 11.6 Å². The van der Waals surface area contributed by atoms with Crippen LogP contribution in [0.15, 0.2) is 16.6 Å². The van der Waals surface area contributed by atoms with Crippen molar-refractivity contribution in [3.8, 4) is 0 Å². The minimum Gasteiger partial charge on any atom is -0.388 e. The Kier molecular flexibility index (Phi) is 3.20. The van der Waals surface area contributed by atoms with E-state index in [1.807, 2.05) is 0 Å². The molecule has 6 heteroatoms. The van der Waals surface area contributed by atoms with Gasteiger partial charge in [0.25, 0.3) is 0 Å². The van der Waals surface area contributed by atoms with Gasteiger partial charge in [0.15, 0.2) is 0 Å². The van der Waals surface area contributed by atoms with E-state index in [0.29, 0.717) is 27.8 Å². The summed E-state index contributed by atoms with van der Waals surface area (Å²) >= 11 is 3.10. The fourth-order valence-electron chi connectivity index (χ4n) is 1.57. The summed E-state index contributed by atoms with van der Waals surface area (Å²) in [5.41, 5.74) is 5.69. The number of H-pyrrole nitrogens is 1. The molecule has 2 aromatic rings. The summed E-state index contributed by atoms with van der Waals surface area (Å²) in [6.07, 6.45) is 0.303. The number of aromatic amines is 1. The van der Waals surface area contributed by atoms with Crippen molar-refractivity contribution in [1.82, 2.24) is 9.97 Å². The first-order valence-corrected chi connectivity index (χ1v) is 5.97. The zero-order valence-corrected chi connectivity index (χ0v) is 10.9. The highest BCUT2D eigenvalue weighted by atomic mass is 79.9. The molecule has 0 saturated carbocycles. The van der Waals surface area contributed by atoms with E-state index < -0.39 is 5.60 Å². The van der Waals surface area contributed by atoms with Crippen molar-refractivity contribution in [3.63, 3.8) is 0 Å². The van der Waals surface area contributed by atoms with Crippen molar-refractivity contribution in [2.75, 3.05) is 6.54 Å². The number of hydrogen-bond acceptors (Lipinski definition) is 3. The molecular weight excluding hydrogens is 289 g/mol. The number of rotatable bonds is 3. The number of halogens is 2. The largest absolute Gasteiger partial charge is 0.388 e. The number of benzene rings is 1. The van der Waals surface area contributed by atoms with Crippen LogP contribution in [0.1, 0.15) is 12.7 Å². The molecule has 0 fully saturated rings. The van der Waals surface area contributed by atoms with Crippen LogP contribution >= 0.6 is 15.9 Å². The summed E-state index contributed by atoms with van der Waals surface area (Å²) in [6, 6.07) is 2.97. The van der Waals surface area contributed by atoms with Crippen LogP contribution in [0, 0.1) is 5.82 Å². The Labute approximate surface area is 106 Å². The Balaban J connectivity index is 2.38. The second-order valence-corrected chi connectivity index (χ2v) is 5.20. The Morgan fingerprint density at radius 1 is 1.59 bits per heavy atom. The zero-order chi connectivity index (χ0) is 12.6. The predicted octanol–water partition coefficient (Wildman–Crippen LogP) is 1.72. The quantitative estimate of drug-likeness (QED) is 0.808. The number of fused-ring (bicyclic) bond motifs is 1. The number of aromatic nitrogens is 2. The molecule has 0 saturated heterocycles. The highest BCUT2D eigenvalue weighted by Gasteiger charge is 2.21. The molecule has 0 aliphatic rings. The van der Waals surface area contributed by atoms with Crippen molar-refractivity contribution < 1.29 is 9.50 Å². The molecule has 2 rings (SSSR count). The van der Waals surface area contributed by atoms with Gasteiger partial charge in [0.2, 0.25) is 0 Å². The van der Waals surface area contributed by atoms with Crippen LogP contribution in [-0.2, 0) is 6.42 Å². The molecule has 1 unspecified atom stereocenters. The molecule has 1 atom stereocenters. The maximum absolute atomic E-state index is 13.3. The molecule has 0 spiro atoms. The van der Waals surface area contributed by atoms with E-state index >= 15 is 0 Å². The Morgan fingerprint density at radius 3 is 2.94 bits per heavy atom. The lowest BCUT2D eigenvalue weighted by Crippen LogP contribution is -2.36. The zero-order valence-electron chi connectivity index (χ0n) is 9.30. The average Bonchev–Trinajstić information content (AvgIpc) is 2.59. The number of nitrogens with zero attached hydrogens (tertiary/aromatic N) is 1. The van der Waals surface area contributed by atoms with Crippen LogP contribution < -0.4 is 5.73 Å². The average molecular weight is 302 g/mol. The summed E-state index contributed by atoms with van der Waals surface area (Å²) in [5, 5.41) is 9.84. The molecule has 0 bridgehead atoms. The normalized spacial score (nSPS) is 15.1. The highest BCUT2D eigenvalue weighted by Crippen LogP contribution is 2.22. The van der Waals surface area contributed by atoms with Gasteiger partial charge >= 0.3 is 0 Å². The van der Waals surface area contributed by atoms with Gasteiger partial charge in [-0.25, -0.2) is 9.37 Å². The summed E-state index contributed by atoms with van der Waals surface area (Å²) in [4.78, 5) is 7.25. The van der Waals surface area contributed by atoms with Crippen molar-refractivity contribution in [3.05, 3.63) is 28.2 Å². The number of nitrogens with one attached hydrogen (secondary N) is 1. The smallest absolute Gasteiger partial charge is 0.139 e. The van der Waals surface area contributed by atoms with Gasteiger partial charge in [0.05, 0.1) is 21.1 Å². The maximum Gasteiger partial charge on any atom is 0.139 e. The lowest BCUT2D eigenvalue weighted by Gasteiger charge is -2.18. The Morgan fingerprint density at radius 2 is 2.29 bits per heavy atom. The third-order valence-corrected chi connectivity index (χ3v) is 3.17. The van der Waals surface area contributed by atoms with E-state index in [2.05, 4.69) is 25.9 Å². The molecule has 0 aliphatic heterocycles. The van der Waals surface area contributed by atoms with Crippen molar-refractivity contribution >= 4 is 27.0 Å². The van der Waals surface area contributed by atoms with Gasteiger partial charge < -0.3 is 15.8 Å². The number of aliphatic hydroxyl groups is 1. The molecule has 1 aromatic carbocycles. The SMILES string of the molecule is CC(O)(CN)Cc1nc2cc(Br)c(F)cc2[nH]1. The highest BCUT2D eigenvalue weighted by molar-refractivity contribution is 9.10. The second kappa shape index (κ2) is 4.36. The third-order valence-electron chi connectivity index (χ3n) is 2.56. The lowest BCUT2D eigenvalue weighted by molar-refractivity contribution is 0.0678. The minimum absolute atomic E-state index is 0.141. The molecule has 4 N–H and O–H groups in total. The van der Waals surface area contributed by atoms with Gasteiger partial charge in [0, 0.05) is 19.0 Å². The van der Waals surface area contributed by atoms with E-state index in [0.717, 1.165) is 0 Å². The molecule has 92 valence electrons. The van der Waals surface area contributed by atoms with Crippen LogP contribution in [0.5, 0.6) is 0 Å². The predicted molar refractivity (Wildman–Crippen MR) is 67.1 cm³/mol. The molecule has 1 aromatic heterocycles. The topological polar surface area (TPSA) is 74.9 Å². The van der Waals surface area contributed by atoms with Gasteiger partial charge in [-0.05, 0) is 28.9 Å². The first-order valence-electron chi connectivity index (χ1n) is 5.17. The van der Waals surface area contributed by atoms with Crippen LogP contribution in [0.2, 0.25) is 0 Å².